The highest BCUT2D eigenvalue weighted by molar-refractivity contribution is 5.09. The van der Waals surface area contributed by atoms with Gasteiger partial charge in [0.1, 0.15) is 11.9 Å². The monoisotopic (exact) mass is 167 g/mol. The standard InChI is InChI=1S/C8H13N3O/c9-4-6-5-10-8-7(12)2-1-3-11(6)8/h5,7,12H,1-4,9H2. The maximum Gasteiger partial charge on any atom is 0.137 e. The molecule has 66 valence electrons. The second kappa shape index (κ2) is 2.88. The lowest BCUT2D eigenvalue weighted by Gasteiger charge is -2.20. The molecule has 4 heteroatoms. The third-order valence-corrected chi connectivity index (χ3v) is 2.34. The van der Waals surface area contributed by atoms with Crippen LogP contribution in [0.15, 0.2) is 6.20 Å². The molecule has 0 amide bonds. The van der Waals surface area contributed by atoms with E-state index in [0.29, 0.717) is 6.54 Å². The van der Waals surface area contributed by atoms with E-state index in [1.165, 1.54) is 0 Å². The fourth-order valence-corrected chi connectivity index (χ4v) is 1.69. The largest absolute Gasteiger partial charge is 0.385 e. The molecule has 1 unspecified atom stereocenters. The van der Waals surface area contributed by atoms with E-state index >= 15 is 0 Å². The molecule has 0 aliphatic carbocycles. The van der Waals surface area contributed by atoms with Crippen molar-refractivity contribution in [1.29, 1.82) is 0 Å². The van der Waals surface area contributed by atoms with E-state index in [1.807, 2.05) is 4.57 Å². The Bertz CT molecular complexity index is 282. The second-order valence-electron chi connectivity index (χ2n) is 3.12. The van der Waals surface area contributed by atoms with Gasteiger partial charge < -0.3 is 15.4 Å². The Labute approximate surface area is 71.0 Å². The number of aliphatic hydroxyl groups is 1. The molecule has 0 fully saturated rings. The summed E-state index contributed by atoms with van der Waals surface area (Å²) in [7, 11) is 0. The van der Waals surface area contributed by atoms with Crippen LogP contribution in [0.5, 0.6) is 0 Å². The van der Waals surface area contributed by atoms with Crippen molar-refractivity contribution in [1.82, 2.24) is 9.55 Å². The highest BCUT2D eigenvalue weighted by Gasteiger charge is 2.20. The van der Waals surface area contributed by atoms with E-state index in [4.69, 9.17) is 5.73 Å². The van der Waals surface area contributed by atoms with E-state index < -0.39 is 0 Å². The summed E-state index contributed by atoms with van der Waals surface area (Å²) in [4.78, 5) is 4.14. The molecular formula is C8H13N3O. The van der Waals surface area contributed by atoms with Gasteiger partial charge in [-0.3, -0.25) is 0 Å². The first kappa shape index (κ1) is 7.76. The Morgan fingerprint density at radius 3 is 3.33 bits per heavy atom. The Morgan fingerprint density at radius 2 is 2.58 bits per heavy atom. The smallest absolute Gasteiger partial charge is 0.137 e. The molecule has 1 aliphatic rings. The number of nitrogens with zero attached hydrogens (tertiary/aromatic N) is 2. The van der Waals surface area contributed by atoms with Crippen LogP contribution in [0.3, 0.4) is 0 Å². The molecular weight excluding hydrogens is 154 g/mol. The molecule has 1 aromatic rings. The summed E-state index contributed by atoms with van der Waals surface area (Å²) >= 11 is 0. The molecule has 1 atom stereocenters. The topological polar surface area (TPSA) is 64.1 Å². The second-order valence-corrected chi connectivity index (χ2v) is 3.12. The fourth-order valence-electron chi connectivity index (χ4n) is 1.69. The van der Waals surface area contributed by atoms with Crippen LogP contribution in [0.1, 0.15) is 30.5 Å². The summed E-state index contributed by atoms with van der Waals surface area (Å²) in [5.41, 5.74) is 6.54. The van der Waals surface area contributed by atoms with Crippen molar-refractivity contribution >= 4 is 0 Å². The summed E-state index contributed by atoms with van der Waals surface area (Å²) in [5.74, 6) is 0.779. The van der Waals surface area contributed by atoms with Crippen molar-refractivity contribution in [2.75, 3.05) is 0 Å². The van der Waals surface area contributed by atoms with E-state index in [9.17, 15) is 5.11 Å². The van der Waals surface area contributed by atoms with E-state index in [-0.39, 0.29) is 6.10 Å². The van der Waals surface area contributed by atoms with Crippen molar-refractivity contribution in [3.8, 4) is 0 Å². The molecule has 0 bridgehead atoms. The Balaban J connectivity index is 2.41. The zero-order chi connectivity index (χ0) is 8.55. The summed E-state index contributed by atoms with van der Waals surface area (Å²) in [6.07, 6.45) is 3.20. The molecule has 0 saturated carbocycles. The number of nitrogens with two attached hydrogens (primary N) is 1. The molecule has 12 heavy (non-hydrogen) atoms. The van der Waals surface area contributed by atoms with Crippen LogP contribution in [-0.4, -0.2) is 14.7 Å². The minimum absolute atomic E-state index is 0.390. The van der Waals surface area contributed by atoms with Crippen LogP contribution in [0.4, 0.5) is 0 Å². The average Bonchev–Trinajstić information content (AvgIpc) is 2.49. The van der Waals surface area contributed by atoms with Crippen molar-refractivity contribution < 1.29 is 5.11 Å². The SMILES string of the molecule is NCc1cnc2n1CCCC2O. The van der Waals surface area contributed by atoms with Crippen LogP contribution < -0.4 is 5.73 Å². The predicted octanol–water partition coefficient (Wildman–Crippen LogP) is 0.169. The van der Waals surface area contributed by atoms with Gasteiger partial charge in [0.05, 0.1) is 5.69 Å². The summed E-state index contributed by atoms with van der Waals surface area (Å²) in [6, 6.07) is 0. The summed E-state index contributed by atoms with van der Waals surface area (Å²) in [5, 5.41) is 9.55. The maximum atomic E-state index is 9.55. The lowest BCUT2D eigenvalue weighted by Crippen LogP contribution is -2.18. The van der Waals surface area contributed by atoms with Gasteiger partial charge in [-0.1, -0.05) is 0 Å². The van der Waals surface area contributed by atoms with Gasteiger partial charge in [-0.15, -0.1) is 0 Å². The van der Waals surface area contributed by atoms with Gasteiger partial charge in [-0.25, -0.2) is 4.98 Å². The first-order valence-corrected chi connectivity index (χ1v) is 4.25. The van der Waals surface area contributed by atoms with Crippen LogP contribution in [0, 0.1) is 0 Å². The number of hydrogen-bond donors (Lipinski definition) is 2. The lowest BCUT2D eigenvalue weighted by atomic mass is 10.1. The number of rotatable bonds is 1. The molecule has 1 aliphatic heterocycles. The number of hydrogen-bond acceptors (Lipinski definition) is 3. The number of fused-ring (bicyclic) bond motifs is 1. The molecule has 0 radical (unpaired) electrons. The Morgan fingerprint density at radius 1 is 1.75 bits per heavy atom. The maximum absolute atomic E-state index is 9.55. The van der Waals surface area contributed by atoms with Crippen molar-refractivity contribution in [2.45, 2.75) is 32.0 Å². The fraction of sp³-hybridized carbons (Fsp3) is 0.625. The normalized spacial score (nSPS) is 22.3. The Kier molecular flexibility index (Phi) is 1.86. The van der Waals surface area contributed by atoms with E-state index in [2.05, 4.69) is 4.98 Å². The first-order chi connectivity index (χ1) is 5.83. The van der Waals surface area contributed by atoms with Gasteiger partial charge in [-0.05, 0) is 12.8 Å². The molecule has 0 spiro atoms. The molecule has 2 rings (SSSR count). The molecule has 1 aromatic heterocycles. The summed E-state index contributed by atoms with van der Waals surface area (Å²) < 4.78 is 2.02. The van der Waals surface area contributed by atoms with Crippen molar-refractivity contribution in [3.05, 3.63) is 17.7 Å². The van der Waals surface area contributed by atoms with Gasteiger partial charge >= 0.3 is 0 Å². The zero-order valence-electron chi connectivity index (χ0n) is 6.90. The van der Waals surface area contributed by atoms with Crippen molar-refractivity contribution in [3.63, 3.8) is 0 Å². The minimum Gasteiger partial charge on any atom is -0.385 e. The zero-order valence-corrected chi connectivity index (χ0v) is 6.90. The van der Waals surface area contributed by atoms with Crippen LogP contribution in [0.2, 0.25) is 0 Å². The van der Waals surface area contributed by atoms with Gasteiger partial charge in [0.2, 0.25) is 0 Å². The quantitative estimate of drug-likeness (QED) is 0.626. The molecule has 2 heterocycles. The van der Waals surface area contributed by atoms with Gasteiger partial charge in [0.25, 0.3) is 0 Å². The molecule has 4 nitrogen and oxygen atoms in total. The van der Waals surface area contributed by atoms with Gasteiger partial charge in [0, 0.05) is 19.3 Å². The number of imidazole rings is 1. The predicted molar refractivity (Wildman–Crippen MR) is 44.3 cm³/mol. The highest BCUT2D eigenvalue weighted by atomic mass is 16.3. The van der Waals surface area contributed by atoms with Crippen molar-refractivity contribution in [2.24, 2.45) is 5.73 Å². The molecule has 3 N–H and O–H groups in total. The van der Waals surface area contributed by atoms with Gasteiger partial charge in [-0.2, -0.15) is 0 Å². The lowest BCUT2D eigenvalue weighted by molar-refractivity contribution is 0.133. The third kappa shape index (κ3) is 1.04. The van der Waals surface area contributed by atoms with Crippen LogP contribution >= 0.6 is 0 Å². The number of aromatic nitrogens is 2. The Hall–Kier alpha value is -0.870. The first-order valence-electron chi connectivity index (χ1n) is 4.25. The van der Waals surface area contributed by atoms with Crippen LogP contribution in [0.25, 0.3) is 0 Å². The summed E-state index contributed by atoms with van der Waals surface area (Å²) in [6.45, 7) is 1.44. The van der Waals surface area contributed by atoms with E-state index in [0.717, 1.165) is 30.9 Å². The average molecular weight is 167 g/mol. The van der Waals surface area contributed by atoms with Crippen LogP contribution in [-0.2, 0) is 13.1 Å². The van der Waals surface area contributed by atoms with E-state index in [1.54, 1.807) is 6.20 Å². The highest BCUT2D eigenvalue weighted by Crippen LogP contribution is 2.24. The number of aliphatic hydroxyl groups excluding tert-OH is 1. The minimum atomic E-state index is -0.390. The molecule has 0 aromatic carbocycles. The van der Waals surface area contributed by atoms with Gasteiger partial charge in [0.15, 0.2) is 0 Å². The molecule has 0 saturated heterocycles. The third-order valence-electron chi connectivity index (χ3n) is 2.34.